The highest BCUT2D eigenvalue weighted by Crippen LogP contribution is 2.14. The number of halogens is 1. The van der Waals surface area contributed by atoms with Crippen molar-refractivity contribution in [2.75, 3.05) is 25.1 Å². The fraction of sp³-hybridized carbons (Fsp3) is 0.364. The first-order chi connectivity index (χ1) is 7.75. The van der Waals surface area contributed by atoms with Gasteiger partial charge in [-0.15, -0.1) is 0 Å². The van der Waals surface area contributed by atoms with E-state index in [1.54, 1.807) is 18.2 Å². The summed E-state index contributed by atoms with van der Waals surface area (Å²) in [4.78, 5) is 11.6. The molecular formula is C11H14BrNO3. The third-order valence-electron chi connectivity index (χ3n) is 1.90. The molecule has 0 aliphatic heterocycles. The van der Waals surface area contributed by atoms with Crippen LogP contribution in [0.5, 0.6) is 5.75 Å². The number of amides is 1. The minimum absolute atomic E-state index is 0.0126. The predicted octanol–water partition coefficient (Wildman–Crippen LogP) is 1.53. The van der Waals surface area contributed by atoms with Gasteiger partial charge in [-0.3, -0.25) is 4.79 Å². The van der Waals surface area contributed by atoms with E-state index in [1.807, 2.05) is 0 Å². The first-order valence-electron chi connectivity index (χ1n) is 4.95. The van der Waals surface area contributed by atoms with Crippen LogP contribution in [-0.4, -0.2) is 36.1 Å². The average molecular weight is 288 g/mol. The van der Waals surface area contributed by atoms with Crippen molar-refractivity contribution in [3.8, 4) is 5.75 Å². The molecule has 5 heteroatoms. The highest BCUT2D eigenvalue weighted by molar-refractivity contribution is 9.09. The minimum atomic E-state index is -0.291. The highest BCUT2D eigenvalue weighted by Gasteiger charge is 2.08. The van der Waals surface area contributed by atoms with Gasteiger partial charge in [0.05, 0.1) is 18.8 Å². The summed E-state index contributed by atoms with van der Waals surface area (Å²) in [5, 5.41) is 12.9. The van der Waals surface area contributed by atoms with E-state index in [0.29, 0.717) is 19.8 Å². The molecule has 0 unspecified atom stereocenters. The first-order valence-corrected chi connectivity index (χ1v) is 6.07. The maximum Gasteiger partial charge on any atom is 0.255 e. The maximum atomic E-state index is 11.6. The zero-order valence-electron chi connectivity index (χ0n) is 8.78. The van der Waals surface area contributed by atoms with Crippen LogP contribution >= 0.6 is 15.9 Å². The van der Waals surface area contributed by atoms with Gasteiger partial charge in [-0.1, -0.05) is 28.1 Å². The van der Waals surface area contributed by atoms with Gasteiger partial charge in [-0.05, 0) is 12.1 Å². The molecule has 4 nitrogen and oxygen atoms in total. The van der Waals surface area contributed by atoms with Crippen molar-refractivity contribution in [1.29, 1.82) is 0 Å². The number of alkyl halides is 1. The lowest BCUT2D eigenvalue weighted by Gasteiger charge is -2.06. The average Bonchev–Trinajstić information content (AvgIpc) is 2.29. The van der Waals surface area contributed by atoms with Gasteiger partial charge in [0, 0.05) is 11.9 Å². The second kappa shape index (κ2) is 7.24. The number of benzene rings is 1. The number of phenols is 1. The summed E-state index contributed by atoms with van der Waals surface area (Å²) >= 11 is 3.23. The molecule has 1 amide bonds. The van der Waals surface area contributed by atoms with Crippen LogP contribution in [0, 0.1) is 0 Å². The molecule has 1 rings (SSSR count). The van der Waals surface area contributed by atoms with Crippen LogP contribution < -0.4 is 5.32 Å². The number of hydrogen-bond acceptors (Lipinski definition) is 3. The van der Waals surface area contributed by atoms with Crippen LogP contribution in [0.15, 0.2) is 24.3 Å². The Morgan fingerprint density at radius 1 is 1.38 bits per heavy atom. The largest absolute Gasteiger partial charge is 0.507 e. The topological polar surface area (TPSA) is 58.6 Å². The number of para-hydroxylation sites is 1. The first kappa shape index (κ1) is 13.0. The number of hydrogen-bond donors (Lipinski definition) is 2. The minimum Gasteiger partial charge on any atom is -0.507 e. The number of nitrogens with one attached hydrogen (secondary N) is 1. The molecule has 0 bridgehead atoms. The van der Waals surface area contributed by atoms with Crippen molar-refractivity contribution < 1.29 is 14.6 Å². The number of carbonyl (C=O) groups is 1. The second-order valence-electron chi connectivity index (χ2n) is 3.07. The molecular weight excluding hydrogens is 274 g/mol. The van der Waals surface area contributed by atoms with Crippen LogP contribution in [0.4, 0.5) is 0 Å². The highest BCUT2D eigenvalue weighted by atomic mass is 79.9. The van der Waals surface area contributed by atoms with Crippen molar-refractivity contribution in [2.45, 2.75) is 0 Å². The van der Waals surface area contributed by atoms with Gasteiger partial charge in [-0.2, -0.15) is 0 Å². The third kappa shape index (κ3) is 4.20. The Hall–Kier alpha value is -1.07. The quantitative estimate of drug-likeness (QED) is 0.616. The van der Waals surface area contributed by atoms with E-state index in [0.717, 1.165) is 5.33 Å². The molecule has 1 aromatic rings. The predicted molar refractivity (Wildman–Crippen MR) is 65.1 cm³/mol. The lowest BCUT2D eigenvalue weighted by atomic mass is 10.2. The Labute approximate surface area is 103 Å². The zero-order valence-corrected chi connectivity index (χ0v) is 10.4. The van der Waals surface area contributed by atoms with E-state index in [4.69, 9.17) is 4.74 Å². The molecule has 0 saturated heterocycles. The Morgan fingerprint density at radius 2 is 2.12 bits per heavy atom. The van der Waals surface area contributed by atoms with E-state index in [1.165, 1.54) is 6.07 Å². The summed E-state index contributed by atoms with van der Waals surface area (Å²) in [7, 11) is 0. The van der Waals surface area contributed by atoms with Gasteiger partial charge in [0.15, 0.2) is 0 Å². The number of carbonyl (C=O) groups excluding carboxylic acids is 1. The van der Waals surface area contributed by atoms with Crippen LogP contribution in [0.25, 0.3) is 0 Å². The SMILES string of the molecule is O=C(NCCOCCBr)c1ccccc1O. The normalized spacial score (nSPS) is 10.1. The number of rotatable bonds is 6. The van der Waals surface area contributed by atoms with Crippen LogP contribution in [0.3, 0.4) is 0 Å². The molecule has 0 aliphatic rings. The maximum absolute atomic E-state index is 11.6. The van der Waals surface area contributed by atoms with E-state index in [9.17, 15) is 9.90 Å². The molecule has 1 aromatic carbocycles. The Bertz CT molecular complexity index is 344. The van der Waals surface area contributed by atoms with Gasteiger partial charge in [0.2, 0.25) is 0 Å². The molecule has 2 N–H and O–H groups in total. The Kier molecular flexibility index (Phi) is 5.88. The van der Waals surface area contributed by atoms with Gasteiger partial charge >= 0.3 is 0 Å². The fourth-order valence-electron chi connectivity index (χ4n) is 1.15. The summed E-state index contributed by atoms with van der Waals surface area (Å²) < 4.78 is 5.18. The molecule has 16 heavy (non-hydrogen) atoms. The lowest BCUT2D eigenvalue weighted by molar-refractivity contribution is 0.0921. The van der Waals surface area contributed by atoms with Crippen LogP contribution in [0.2, 0.25) is 0 Å². The summed E-state index contributed by atoms with van der Waals surface area (Å²) in [6.07, 6.45) is 0. The molecule has 0 aliphatic carbocycles. The van der Waals surface area contributed by atoms with Crippen molar-refractivity contribution in [3.05, 3.63) is 29.8 Å². The number of aromatic hydroxyl groups is 1. The summed E-state index contributed by atoms with van der Waals surface area (Å²) in [6, 6.07) is 6.43. The monoisotopic (exact) mass is 287 g/mol. The van der Waals surface area contributed by atoms with Gasteiger partial charge < -0.3 is 15.2 Å². The van der Waals surface area contributed by atoms with Crippen molar-refractivity contribution in [1.82, 2.24) is 5.32 Å². The van der Waals surface area contributed by atoms with E-state index in [2.05, 4.69) is 21.2 Å². The Balaban J connectivity index is 2.33. The summed E-state index contributed by atoms with van der Waals surface area (Å²) in [5.41, 5.74) is 0.281. The smallest absolute Gasteiger partial charge is 0.255 e. The molecule has 0 saturated carbocycles. The molecule has 0 atom stereocenters. The molecule has 0 aromatic heterocycles. The van der Waals surface area contributed by atoms with Crippen LogP contribution in [-0.2, 0) is 4.74 Å². The molecule has 0 radical (unpaired) electrons. The molecule has 88 valence electrons. The van der Waals surface area contributed by atoms with Gasteiger partial charge in [-0.25, -0.2) is 0 Å². The summed E-state index contributed by atoms with van der Waals surface area (Å²) in [6.45, 7) is 1.51. The second-order valence-corrected chi connectivity index (χ2v) is 3.87. The van der Waals surface area contributed by atoms with Crippen molar-refractivity contribution >= 4 is 21.8 Å². The summed E-state index contributed by atoms with van der Waals surface area (Å²) in [5.74, 6) is -0.304. The van der Waals surface area contributed by atoms with E-state index >= 15 is 0 Å². The number of phenolic OH excluding ortho intramolecular Hbond substituents is 1. The fourth-order valence-corrected chi connectivity index (χ4v) is 1.38. The Morgan fingerprint density at radius 3 is 2.81 bits per heavy atom. The van der Waals surface area contributed by atoms with E-state index < -0.39 is 0 Å². The third-order valence-corrected chi connectivity index (χ3v) is 2.23. The van der Waals surface area contributed by atoms with Gasteiger partial charge in [0.25, 0.3) is 5.91 Å². The molecule has 0 fully saturated rings. The number of ether oxygens (including phenoxy) is 1. The molecule has 0 spiro atoms. The van der Waals surface area contributed by atoms with Crippen molar-refractivity contribution in [3.63, 3.8) is 0 Å². The zero-order chi connectivity index (χ0) is 11.8. The van der Waals surface area contributed by atoms with Gasteiger partial charge in [0.1, 0.15) is 5.75 Å². The standard InChI is InChI=1S/C11H14BrNO3/c12-5-7-16-8-6-13-11(15)9-3-1-2-4-10(9)14/h1-4,14H,5-8H2,(H,13,15). The van der Waals surface area contributed by atoms with E-state index in [-0.39, 0.29) is 17.2 Å². The lowest BCUT2D eigenvalue weighted by Crippen LogP contribution is -2.27. The van der Waals surface area contributed by atoms with Crippen LogP contribution in [0.1, 0.15) is 10.4 Å². The molecule has 0 heterocycles. The van der Waals surface area contributed by atoms with Crippen molar-refractivity contribution in [2.24, 2.45) is 0 Å².